The maximum Gasteiger partial charge on any atom is 0.410 e. The number of nitrogens with zero attached hydrogens (tertiary/aromatic N) is 2. The topological polar surface area (TPSA) is 111 Å². The van der Waals surface area contributed by atoms with Gasteiger partial charge in [-0.3, -0.25) is 9.69 Å². The van der Waals surface area contributed by atoms with Crippen LogP contribution in [-0.4, -0.2) is 70.8 Å². The van der Waals surface area contributed by atoms with Crippen LogP contribution < -0.4 is 10.6 Å². The van der Waals surface area contributed by atoms with E-state index in [1.807, 2.05) is 12.1 Å². The number of carbonyl (C=O) groups is 3. The lowest BCUT2D eigenvalue weighted by molar-refractivity contribution is -0.134. The van der Waals surface area contributed by atoms with Crippen molar-refractivity contribution < 1.29 is 24.2 Å². The number of urea groups is 1. The van der Waals surface area contributed by atoms with Crippen LogP contribution in [0.2, 0.25) is 5.02 Å². The van der Waals surface area contributed by atoms with Gasteiger partial charge in [0.05, 0.1) is 19.1 Å². The molecule has 0 aromatic heterocycles. The molecule has 3 rings (SSSR count). The Hall–Kier alpha value is -3.30. The van der Waals surface area contributed by atoms with Gasteiger partial charge in [-0.25, -0.2) is 9.59 Å². The van der Waals surface area contributed by atoms with E-state index in [2.05, 4.69) is 10.6 Å². The fraction of sp³-hybridized carbons (Fsp3) is 0.423. The molecule has 194 valence electrons. The van der Waals surface area contributed by atoms with Crippen LogP contribution in [0.4, 0.5) is 15.3 Å². The number of aliphatic hydroxyl groups is 1. The molecule has 0 unspecified atom stereocenters. The first-order valence-corrected chi connectivity index (χ1v) is 12.2. The highest BCUT2D eigenvalue weighted by Crippen LogP contribution is 2.17. The van der Waals surface area contributed by atoms with Gasteiger partial charge in [0, 0.05) is 36.9 Å². The summed E-state index contributed by atoms with van der Waals surface area (Å²) in [5.74, 6) is -0.0984. The third-order valence-electron chi connectivity index (χ3n) is 5.61. The average molecular weight is 517 g/mol. The molecule has 1 atom stereocenters. The number of nitrogens with one attached hydrogen (secondary N) is 2. The van der Waals surface area contributed by atoms with Crippen molar-refractivity contribution in [1.82, 2.24) is 15.1 Å². The SMILES string of the molecule is CC(C)(C)OC(=O)N1CCN(C(=O)Cc2ccc(NC(=O)NCc3ccc(Cl)cc3)cc2)C[C@@H]1CO. The summed E-state index contributed by atoms with van der Waals surface area (Å²) < 4.78 is 5.41. The fourth-order valence-corrected chi connectivity index (χ4v) is 3.88. The maximum atomic E-state index is 12.9. The minimum atomic E-state index is -0.636. The molecule has 0 aliphatic carbocycles. The molecule has 2 aromatic rings. The largest absolute Gasteiger partial charge is 0.444 e. The first-order chi connectivity index (χ1) is 17.0. The zero-order valence-electron chi connectivity index (χ0n) is 20.8. The van der Waals surface area contributed by atoms with E-state index in [0.29, 0.717) is 30.3 Å². The van der Waals surface area contributed by atoms with Gasteiger partial charge in [0.1, 0.15) is 5.60 Å². The lowest BCUT2D eigenvalue weighted by atomic mass is 10.1. The Bertz CT molecular complexity index is 1050. The molecule has 0 saturated carbocycles. The Balaban J connectivity index is 1.48. The normalized spacial score (nSPS) is 15.9. The molecular formula is C26H33ClN4O5. The number of aliphatic hydroxyl groups excluding tert-OH is 1. The predicted molar refractivity (Wildman–Crippen MR) is 138 cm³/mol. The molecule has 1 heterocycles. The molecule has 2 aromatic carbocycles. The van der Waals surface area contributed by atoms with Crippen molar-refractivity contribution in [3.05, 3.63) is 64.7 Å². The molecule has 9 nitrogen and oxygen atoms in total. The van der Waals surface area contributed by atoms with E-state index >= 15 is 0 Å². The third-order valence-corrected chi connectivity index (χ3v) is 5.86. The molecular weight excluding hydrogens is 484 g/mol. The number of ether oxygens (including phenoxy) is 1. The maximum absolute atomic E-state index is 12.9. The van der Waals surface area contributed by atoms with Crippen molar-refractivity contribution in [2.75, 3.05) is 31.6 Å². The first-order valence-electron chi connectivity index (χ1n) is 11.8. The van der Waals surface area contributed by atoms with Crippen molar-refractivity contribution >= 4 is 35.3 Å². The Kier molecular flexibility index (Phi) is 9.17. The van der Waals surface area contributed by atoms with Gasteiger partial charge in [0.25, 0.3) is 0 Å². The Morgan fingerprint density at radius 1 is 1.03 bits per heavy atom. The van der Waals surface area contributed by atoms with Crippen molar-refractivity contribution in [3.63, 3.8) is 0 Å². The summed E-state index contributed by atoms with van der Waals surface area (Å²) in [6, 6.07) is 13.4. The quantitative estimate of drug-likeness (QED) is 0.542. The van der Waals surface area contributed by atoms with E-state index in [-0.39, 0.29) is 31.5 Å². The molecule has 4 amide bonds. The van der Waals surface area contributed by atoms with Gasteiger partial charge in [-0.15, -0.1) is 0 Å². The van der Waals surface area contributed by atoms with Crippen LogP contribution in [0.25, 0.3) is 0 Å². The second kappa shape index (κ2) is 12.1. The van der Waals surface area contributed by atoms with Crippen molar-refractivity contribution in [1.29, 1.82) is 0 Å². The van der Waals surface area contributed by atoms with Crippen LogP contribution in [0.5, 0.6) is 0 Å². The van der Waals surface area contributed by atoms with E-state index in [0.717, 1.165) is 11.1 Å². The monoisotopic (exact) mass is 516 g/mol. The molecule has 3 N–H and O–H groups in total. The van der Waals surface area contributed by atoms with Gasteiger partial charge >= 0.3 is 12.1 Å². The van der Waals surface area contributed by atoms with Crippen molar-refractivity contribution in [3.8, 4) is 0 Å². The second-order valence-corrected chi connectivity index (χ2v) is 10.1. The summed E-state index contributed by atoms with van der Waals surface area (Å²) in [5.41, 5.74) is 1.69. The Labute approximate surface area is 216 Å². The number of rotatable bonds is 6. The van der Waals surface area contributed by atoms with Crippen LogP contribution in [0, 0.1) is 0 Å². The van der Waals surface area contributed by atoms with Crippen molar-refractivity contribution in [2.45, 2.75) is 45.4 Å². The number of carbonyl (C=O) groups excluding carboxylic acids is 3. The van der Waals surface area contributed by atoms with Gasteiger partial charge in [-0.2, -0.15) is 0 Å². The summed E-state index contributed by atoms with van der Waals surface area (Å²) in [5, 5.41) is 16.0. The minimum Gasteiger partial charge on any atom is -0.444 e. The molecule has 0 bridgehead atoms. The first kappa shape index (κ1) is 27.3. The number of hydrogen-bond donors (Lipinski definition) is 3. The smallest absolute Gasteiger partial charge is 0.410 e. The van der Waals surface area contributed by atoms with E-state index in [4.69, 9.17) is 16.3 Å². The van der Waals surface area contributed by atoms with E-state index in [1.165, 1.54) is 4.90 Å². The zero-order chi connectivity index (χ0) is 26.3. The summed E-state index contributed by atoms with van der Waals surface area (Å²) in [6.45, 7) is 6.35. The number of piperazine rings is 1. The zero-order valence-corrected chi connectivity index (χ0v) is 21.5. The fourth-order valence-electron chi connectivity index (χ4n) is 3.75. The van der Waals surface area contributed by atoms with Gasteiger partial charge in [0.2, 0.25) is 5.91 Å². The summed E-state index contributed by atoms with van der Waals surface area (Å²) in [6.07, 6.45) is -0.317. The average Bonchev–Trinajstić information content (AvgIpc) is 2.83. The third kappa shape index (κ3) is 8.13. The predicted octanol–water partition coefficient (Wildman–Crippen LogP) is 3.64. The van der Waals surface area contributed by atoms with Gasteiger partial charge in [-0.1, -0.05) is 35.9 Å². The molecule has 1 aliphatic rings. The molecule has 0 spiro atoms. The lowest BCUT2D eigenvalue weighted by Gasteiger charge is -2.41. The Morgan fingerprint density at radius 3 is 2.28 bits per heavy atom. The van der Waals surface area contributed by atoms with E-state index < -0.39 is 17.7 Å². The number of halogens is 1. The minimum absolute atomic E-state index is 0.0984. The van der Waals surface area contributed by atoms with Gasteiger partial charge < -0.3 is 25.4 Å². The lowest BCUT2D eigenvalue weighted by Crippen LogP contribution is -2.58. The molecule has 10 heteroatoms. The molecule has 1 fully saturated rings. The summed E-state index contributed by atoms with van der Waals surface area (Å²) >= 11 is 5.87. The second-order valence-electron chi connectivity index (χ2n) is 9.66. The highest BCUT2D eigenvalue weighted by atomic mass is 35.5. The number of anilines is 1. The van der Waals surface area contributed by atoms with Crippen LogP contribution in [0.15, 0.2) is 48.5 Å². The van der Waals surface area contributed by atoms with Crippen LogP contribution in [0.3, 0.4) is 0 Å². The molecule has 1 aliphatic heterocycles. The van der Waals surface area contributed by atoms with Gasteiger partial charge in [0.15, 0.2) is 0 Å². The highest BCUT2D eigenvalue weighted by molar-refractivity contribution is 6.30. The molecule has 36 heavy (non-hydrogen) atoms. The number of hydrogen-bond acceptors (Lipinski definition) is 5. The molecule has 0 radical (unpaired) electrons. The highest BCUT2D eigenvalue weighted by Gasteiger charge is 2.34. The summed E-state index contributed by atoms with van der Waals surface area (Å²) in [4.78, 5) is 40.6. The van der Waals surface area contributed by atoms with E-state index in [1.54, 1.807) is 62.1 Å². The Morgan fingerprint density at radius 2 is 1.67 bits per heavy atom. The van der Waals surface area contributed by atoms with E-state index in [9.17, 15) is 19.5 Å². The number of benzene rings is 2. The van der Waals surface area contributed by atoms with Crippen LogP contribution in [0.1, 0.15) is 31.9 Å². The molecule has 1 saturated heterocycles. The van der Waals surface area contributed by atoms with Crippen molar-refractivity contribution in [2.24, 2.45) is 0 Å². The standard InChI is InChI=1S/C26H33ClN4O5/c1-26(2,3)36-25(35)31-13-12-30(16-22(31)17-32)23(33)14-18-6-10-21(11-7-18)29-24(34)28-15-19-4-8-20(27)9-5-19/h4-11,22,32H,12-17H2,1-3H3,(H2,28,29,34)/t22-/m1/s1. The summed E-state index contributed by atoms with van der Waals surface area (Å²) in [7, 11) is 0. The number of amides is 4. The van der Waals surface area contributed by atoms with Crippen LogP contribution >= 0.6 is 11.6 Å². The van der Waals surface area contributed by atoms with Gasteiger partial charge in [-0.05, 0) is 56.2 Å². The van der Waals surface area contributed by atoms with Crippen LogP contribution in [-0.2, 0) is 22.5 Å².